The molecule has 8 heteroatoms. The first-order valence-electron chi connectivity index (χ1n) is 10.4. The Balaban J connectivity index is 1.32. The predicted octanol–water partition coefficient (Wildman–Crippen LogP) is 3.88. The number of piperidine rings is 1. The first-order chi connectivity index (χ1) is 14.7. The van der Waals surface area contributed by atoms with Crippen molar-refractivity contribution in [1.29, 1.82) is 0 Å². The summed E-state index contributed by atoms with van der Waals surface area (Å²) in [5, 5.41) is 4.14. The number of rotatable bonds is 4. The monoisotopic (exact) mass is 424 g/mol. The highest BCUT2D eigenvalue weighted by atomic mass is 32.1. The molecule has 0 saturated carbocycles. The van der Waals surface area contributed by atoms with Crippen LogP contribution in [0.5, 0.6) is 11.5 Å². The van der Waals surface area contributed by atoms with E-state index >= 15 is 0 Å². The molecule has 1 atom stereocenters. The summed E-state index contributed by atoms with van der Waals surface area (Å²) in [7, 11) is 0. The molecule has 1 N–H and O–H groups in total. The van der Waals surface area contributed by atoms with Gasteiger partial charge < -0.3 is 19.7 Å². The summed E-state index contributed by atoms with van der Waals surface area (Å²) in [5.41, 5.74) is 0.733. The van der Waals surface area contributed by atoms with Gasteiger partial charge >= 0.3 is 0 Å². The van der Waals surface area contributed by atoms with Gasteiger partial charge in [0.1, 0.15) is 30.2 Å². The van der Waals surface area contributed by atoms with Gasteiger partial charge in [0.15, 0.2) is 11.5 Å². The third kappa shape index (κ3) is 3.67. The van der Waals surface area contributed by atoms with Crippen molar-refractivity contribution in [3.05, 3.63) is 35.5 Å². The number of nitrogens with zero attached hydrogens (tertiary/aromatic N) is 3. The molecule has 2 aromatic heterocycles. The molecule has 0 radical (unpaired) electrons. The SMILES string of the molecule is CCc1cc2c(N3CCC[C@H](C(=O)Nc4ccc5c(c4)OCCO5)C3)ncnc2s1. The van der Waals surface area contributed by atoms with Crippen molar-refractivity contribution in [3.63, 3.8) is 0 Å². The molecule has 0 aliphatic carbocycles. The van der Waals surface area contributed by atoms with Crippen LogP contribution in [0.2, 0.25) is 0 Å². The van der Waals surface area contributed by atoms with Gasteiger partial charge in [-0.15, -0.1) is 11.3 Å². The minimum Gasteiger partial charge on any atom is -0.486 e. The number of hydrogen-bond acceptors (Lipinski definition) is 7. The lowest BCUT2D eigenvalue weighted by molar-refractivity contribution is -0.120. The summed E-state index contributed by atoms with van der Waals surface area (Å²) in [6.45, 7) is 4.78. The minimum atomic E-state index is -0.0961. The molecule has 156 valence electrons. The van der Waals surface area contributed by atoms with Crippen molar-refractivity contribution < 1.29 is 14.3 Å². The molecule has 0 spiro atoms. The number of thiophene rings is 1. The van der Waals surface area contributed by atoms with Gasteiger partial charge in [0.25, 0.3) is 0 Å². The Kier molecular flexibility index (Phi) is 5.16. The van der Waals surface area contributed by atoms with Gasteiger partial charge in [-0.1, -0.05) is 6.92 Å². The number of anilines is 2. The molecule has 0 bridgehead atoms. The minimum absolute atomic E-state index is 0.0289. The summed E-state index contributed by atoms with van der Waals surface area (Å²) in [4.78, 5) is 26.5. The first kappa shape index (κ1) is 19.1. The Labute approximate surface area is 179 Å². The Morgan fingerprint density at radius 1 is 1.23 bits per heavy atom. The lowest BCUT2D eigenvalue weighted by Gasteiger charge is -2.33. The molecule has 5 rings (SSSR count). The number of benzene rings is 1. The molecule has 1 fully saturated rings. The fourth-order valence-electron chi connectivity index (χ4n) is 4.07. The maximum Gasteiger partial charge on any atom is 0.229 e. The van der Waals surface area contributed by atoms with E-state index in [0.29, 0.717) is 25.5 Å². The first-order valence-corrected chi connectivity index (χ1v) is 11.2. The van der Waals surface area contributed by atoms with Crippen LogP contribution in [0.15, 0.2) is 30.6 Å². The number of ether oxygens (including phenoxy) is 2. The quantitative estimate of drug-likeness (QED) is 0.685. The van der Waals surface area contributed by atoms with E-state index in [1.165, 1.54) is 4.88 Å². The predicted molar refractivity (Wildman–Crippen MR) is 118 cm³/mol. The highest BCUT2D eigenvalue weighted by Gasteiger charge is 2.28. The van der Waals surface area contributed by atoms with Gasteiger partial charge in [-0.25, -0.2) is 9.97 Å². The molecule has 0 unspecified atom stereocenters. The molecule has 2 aliphatic heterocycles. The van der Waals surface area contributed by atoms with E-state index in [4.69, 9.17) is 9.47 Å². The molecule has 4 heterocycles. The van der Waals surface area contributed by atoms with Crippen LogP contribution >= 0.6 is 11.3 Å². The van der Waals surface area contributed by atoms with Crippen LogP contribution < -0.4 is 19.7 Å². The van der Waals surface area contributed by atoms with Crippen LogP contribution in [-0.2, 0) is 11.2 Å². The number of hydrogen-bond donors (Lipinski definition) is 1. The zero-order valence-corrected chi connectivity index (χ0v) is 17.7. The van der Waals surface area contributed by atoms with E-state index in [2.05, 4.69) is 33.2 Å². The number of aromatic nitrogens is 2. The van der Waals surface area contributed by atoms with Crippen molar-refractivity contribution >= 4 is 39.0 Å². The second-order valence-corrected chi connectivity index (χ2v) is 8.73. The smallest absolute Gasteiger partial charge is 0.229 e. The van der Waals surface area contributed by atoms with E-state index in [0.717, 1.165) is 53.3 Å². The lowest BCUT2D eigenvalue weighted by atomic mass is 9.96. The molecule has 1 aromatic carbocycles. The number of carbonyl (C=O) groups excluding carboxylic acids is 1. The second-order valence-electron chi connectivity index (χ2n) is 7.62. The highest BCUT2D eigenvalue weighted by molar-refractivity contribution is 7.18. The second kappa shape index (κ2) is 8.10. The fourth-order valence-corrected chi connectivity index (χ4v) is 5.00. The van der Waals surface area contributed by atoms with E-state index < -0.39 is 0 Å². The molecule has 3 aromatic rings. The zero-order chi connectivity index (χ0) is 20.5. The molecule has 30 heavy (non-hydrogen) atoms. The van der Waals surface area contributed by atoms with Crippen molar-refractivity contribution in [3.8, 4) is 11.5 Å². The van der Waals surface area contributed by atoms with Crippen LogP contribution in [0.3, 0.4) is 0 Å². The number of nitrogens with one attached hydrogen (secondary N) is 1. The van der Waals surface area contributed by atoms with Crippen molar-refractivity contribution in [2.75, 3.05) is 36.5 Å². The summed E-state index contributed by atoms with van der Waals surface area (Å²) in [6, 6.07) is 7.72. The molecule has 1 saturated heterocycles. The van der Waals surface area contributed by atoms with E-state index in [1.807, 2.05) is 18.2 Å². The highest BCUT2D eigenvalue weighted by Crippen LogP contribution is 2.34. The summed E-state index contributed by atoms with van der Waals surface area (Å²) < 4.78 is 11.2. The lowest BCUT2D eigenvalue weighted by Crippen LogP contribution is -2.41. The maximum absolute atomic E-state index is 13.0. The van der Waals surface area contributed by atoms with Crippen molar-refractivity contribution in [2.24, 2.45) is 5.92 Å². The summed E-state index contributed by atoms with van der Waals surface area (Å²) in [6.07, 6.45) is 4.44. The number of aryl methyl sites for hydroxylation is 1. The fraction of sp³-hybridized carbons (Fsp3) is 0.409. The normalized spacial score (nSPS) is 18.4. The summed E-state index contributed by atoms with van der Waals surface area (Å²) >= 11 is 1.72. The molecular weight excluding hydrogens is 400 g/mol. The van der Waals surface area contributed by atoms with Crippen molar-refractivity contribution in [2.45, 2.75) is 26.2 Å². The maximum atomic E-state index is 13.0. The van der Waals surface area contributed by atoms with Gasteiger partial charge in [0.2, 0.25) is 5.91 Å². The van der Waals surface area contributed by atoms with Gasteiger partial charge in [-0.05, 0) is 37.5 Å². The van der Waals surface area contributed by atoms with Gasteiger partial charge in [-0.3, -0.25) is 4.79 Å². The van der Waals surface area contributed by atoms with Gasteiger partial charge in [-0.2, -0.15) is 0 Å². The van der Waals surface area contributed by atoms with E-state index in [1.54, 1.807) is 17.7 Å². The number of carbonyl (C=O) groups is 1. The topological polar surface area (TPSA) is 76.6 Å². The van der Waals surface area contributed by atoms with E-state index in [-0.39, 0.29) is 11.8 Å². The van der Waals surface area contributed by atoms with Crippen molar-refractivity contribution in [1.82, 2.24) is 9.97 Å². The standard InChI is InChI=1S/C22H24N4O3S/c1-2-16-11-17-20(23-13-24-22(17)30-16)26-7-3-4-14(12-26)21(27)25-15-5-6-18-19(10-15)29-9-8-28-18/h5-6,10-11,13-14H,2-4,7-9,12H2,1H3,(H,25,27)/t14-/m0/s1. The van der Waals surface area contributed by atoms with Crippen LogP contribution in [0.1, 0.15) is 24.6 Å². The third-order valence-corrected chi connectivity index (χ3v) is 6.80. The molecular formula is C22H24N4O3S. The van der Waals surface area contributed by atoms with Crippen LogP contribution in [0, 0.1) is 5.92 Å². The average Bonchev–Trinajstić information content (AvgIpc) is 3.22. The average molecular weight is 425 g/mol. The zero-order valence-electron chi connectivity index (χ0n) is 16.9. The number of fused-ring (bicyclic) bond motifs is 2. The molecule has 1 amide bonds. The van der Waals surface area contributed by atoms with E-state index in [9.17, 15) is 4.79 Å². The Hall–Kier alpha value is -2.87. The molecule has 2 aliphatic rings. The molecule has 7 nitrogen and oxygen atoms in total. The van der Waals surface area contributed by atoms with Gasteiger partial charge in [0, 0.05) is 29.7 Å². The third-order valence-electron chi connectivity index (χ3n) is 5.61. The number of amides is 1. The van der Waals surface area contributed by atoms with Crippen LogP contribution in [-0.4, -0.2) is 42.2 Å². The Morgan fingerprint density at radius 2 is 2.10 bits per heavy atom. The van der Waals surface area contributed by atoms with Crippen LogP contribution in [0.4, 0.5) is 11.5 Å². The summed E-state index contributed by atoms with van der Waals surface area (Å²) in [5.74, 6) is 2.27. The Morgan fingerprint density at radius 3 is 2.97 bits per heavy atom. The van der Waals surface area contributed by atoms with Gasteiger partial charge in [0.05, 0.1) is 11.3 Å². The largest absolute Gasteiger partial charge is 0.486 e. The van der Waals surface area contributed by atoms with Crippen LogP contribution in [0.25, 0.3) is 10.2 Å². The Bertz CT molecular complexity index is 1080.